The number of amides is 2. The fourth-order valence-corrected chi connectivity index (χ4v) is 1.53. The summed E-state index contributed by atoms with van der Waals surface area (Å²) < 4.78 is 0. The van der Waals surface area contributed by atoms with Crippen LogP contribution in [0.3, 0.4) is 0 Å². The molecule has 1 rings (SSSR count). The molecule has 0 saturated carbocycles. The largest absolute Gasteiger partial charge is 0.480 e. The summed E-state index contributed by atoms with van der Waals surface area (Å²) in [7, 11) is 1.41. The number of aliphatic carboxylic acids is 1. The molecule has 1 aromatic heterocycles. The first kappa shape index (κ1) is 11.4. The molecule has 15 heavy (non-hydrogen) atoms. The van der Waals surface area contributed by atoms with Crippen molar-refractivity contribution in [1.82, 2.24) is 9.88 Å². The highest BCUT2D eigenvalue weighted by Gasteiger charge is 2.12. The number of urea groups is 1. The number of likely N-dealkylation sites (N-methyl/N-ethyl adjacent to an activating group) is 1. The third-order valence-corrected chi connectivity index (χ3v) is 2.38. The number of carboxylic acids is 1. The van der Waals surface area contributed by atoms with Crippen molar-refractivity contribution in [2.45, 2.75) is 6.92 Å². The van der Waals surface area contributed by atoms with Crippen LogP contribution in [0, 0.1) is 6.92 Å². The summed E-state index contributed by atoms with van der Waals surface area (Å²) in [4.78, 5) is 27.7. The molecule has 0 atom stereocenters. The predicted octanol–water partition coefficient (Wildman–Crippen LogP) is 1.000. The number of aromatic nitrogens is 1. The lowest BCUT2D eigenvalue weighted by Gasteiger charge is -2.13. The molecule has 0 aliphatic rings. The quantitative estimate of drug-likeness (QED) is 0.810. The van der Waals surface area contributed by atoms with Gasteiger partial charge in [0.25, 0.3) is 0 Å². The Balaban J connectivity index is 2.52. The van der Waals surface area contributed by atoms with Gasteiger partial charge in [0.05, 0.1) is 0 Å². The second kappa shape index (κ2) is 4.74. The number of carboxylic acid groups (broad SMARTS) is 1. The Bertz CT molecular complexity index is 377. The molecular formula is C8H11N3O3S. The average Bonchev–Trinajstić information content (AvgIpc) is 2.50. The van der Waals surface area contributed by atoms with Gasteiger partial charge in [-0.3, -0.25) is 10.1 Å². The average molecular weight is 229 g/mol. The van der Waals surface area contributed by atoms with Crippen LogP contribution in [-0.4, -0.2) is 40.6 Å². The maximum atomic E-state index is 11.4. The summed E-state index contributed by atoms with van der Waals surface area (Å²) in [6, 6.07) is -0.480. The highest BCUT2D eigenvalue weighted by molar-refractivity contribution is 7.15. The van der Waals surface area contributed by atoms with Crippen LogP contribution >= 0.6 is 11.3 Å². The molecule has 0 spiro atoms. The molecule has 2 N–H and O–H groups in total. The van der Waals surface area contributed by atoms with Crippen LogP contribution in [0.2, 0.25) is 0 Å². The Morgan fingerprint density at radius 1 is 1.67 bits per heavy atom. The summed E-state index contributed by atoms with van der Waals surface area (Å²) in [5.41, 5.74) is 0. The highest BCUT2D eigenvalue weighted by Crippen LogP contribution is 2.16. The molecule has 0 aliphatic carbocycles. The van der Waals surface area contributed by atoms with Crippen molar-refractivity contribution in [3.8, 4) is 0 Å². The lowest BCUT2D eigenvalue weighted by atomic mass is 10.6. The van der Waals surface area contributed by atoms with Crippen LogP contribution in [-0.2, 0) is 4.79 Å². The summed E-state index contributed by atoms with van der Waals surface area (Å²) in [5.74, 6) is -1.05. The van der Waals surface area contributed by atoms with E-state index in [1.807, 2.05) is 6.92 Å². The van der Waals surface area contributed by atoms with Gasteiger partial charge in [0.2, 0.25) is 0 Å². The number of anilines is 1. The van der Waals surface area contributed by atoms with Gasteiger partial charge < -0.3 is 10.0 Å². The Kier molecular flexibility index (Phi) is 3.62. The third-order valence-electron chi connectivity index (χ3n) is 1.55. The molecule has 2 amide bonds. The molecule has 82 valence electrons. The summed E-state index contributed by atoms with van der Waals surface area (Å²) in [5, 5.41) is 11.4. The lowest BCUT2D eigenvalue weighted by Crippen LogP contribution is -2.35. The number of thiazole rings is 1. The smallest absolute Gasteiger partial charge is 0.323 e. The number of hydrogen-bond acceptors (Lipinski definition) is 4. The molecule has 0 bridgehead atoms. The van der Waals surface area contributed by atoms with E-state index in [1.165, 1.54) is 18.4 Å². The van der Waals surface area contributed by atoms with Crippen molar-refractivity contribution in [3.05, 3.63) is 11.1 Å². The SMILES string of the molecule is Cc1cnc(NC(=O)N(C)CC(=O)O)s1. The molecule has 1 aromatic rings. The van der Waals surface area contributed by atoms with E-state index < -0.39 is 12.0 Å². The normalized spacial score (nSPS) is 9.73. The second-order valence-corrected chi connectivity index (χ2v) is 4.19. The number of hydrogen-bond donors (Lipinski definition) is 2. The number of carbonyl (C=O) groups is 2. The van der Waals surface area contributed by atoms with Gasteiger partial charge in [0.1, 0.15) is 6.54 Å². The molecule has 0 aliphatic heterocycles. The lowest BCUT2D eigenvalue weighted by molar-refractivity contribution is -0.137. The Morgan fingerprint density at radius 2 is 2.33 bits per heavy atom. The van der Waals surface area contributed by atoms with Crippen molar-refractivity contribution >= 4 is 28.5 Å². The van der Waals surface area contributed by atoms with E-state index in [1.54, 1.807) is 6.20 Å². The molecule has 0 fully saturated rings. The number of aryl methyl sites for hydroxylation is 1. The van der Waals surface area contributed by atoms with E-state index in [0.717, 1.165) is 9.78 Å². The van der Waals surface area contributed by atoms with Gasteiger partial charge in [-0.05, 0) is 6.92 Å². The fraction of sp³-hybridized carbons (Fsp3) is 0.375. The zero-order valence-corrected chi connectivity index (χ0v) is 9.17. The monoisotopic (exact) mass is 229 g/mol. The summed E-state index contributed by atoms with van der Waals surface area (Å²) in [6.45, 7) is 1.53. The number of nitrogens with zero attached hydrogens (tertiary/aromatic N) is 2. The molecule has 1 heterocycles. The Morgan fingerprint density at radius 3 is 2.80 bits per heavy atom. The van der Waals surface area contributed by atoms with Gasteiger partial charge in [-0.15, -0.1) is 11.3 Å². The van der Waals surface area contributed by atoms with E-state index >= 15 is 0 Å². The van der Waals surface area contributed by atoms with Crippen LogP contribution in [0.1, 0.15) is 4.88 Å². The van der Waals surface area contributed by atoms with E-state index in [-0.39, 0.29) is 6.54 Å². The van der Waals surface area contributed by atoms with Gasteiger partial charge in [0.15, 0.2) is 5.13 Å². The maximum Gasteiger partial charge on any atom is 0.323 e. The van der Waals surface area contributed by atoms with Crippen LogP contribution in [0.5, 0.6) is 0 Å². The fourth-order valence-electron chi connectivity index (χ4n) is 0.874. The number of nitrogens with one attached hydrogen (secondary N) is 1. The minimum Gasteiger partial charge on any atom is -0.480 e. The first-order valence-corrected chi connectivity index (χ1v) is 4.97. The van der Waals surface area contributed by atoms with Crippen molar-refractivity contribution in [2.24, 2.45) is 0 Å². The number of rotatable bonds is 3. The Labute approximate surface area is 90.5 Å². The maximum absolute atomic E-state index is 11.4. The molecule has 0 aromatic carbocycles. The van der Waals surface area contributed by atoms with E-state index in [9.17, 15) is 9.59 Å². The molecular weight excluding hydrogens is 218 g/mol. The minimum atomic E-state index is -1.05. The molecule has 0 unspecified atom stereocenters. The van der Waals surface area contributed by atoms with Crippen molar-refractivity contribution in [1.29, 1.82) is 0 Å². The van der Waals surface area contributed by atoms with Crippen molar-refractivity contribution in [3.63, 3.8) is 0 Å². The van der Waals surface area contributed by atoms with E-state index in [0.29, 0.717) is 5.13 Å². The predicted molar refractivity (Wildman–Crippen MR) is 56.1 cm³/mol. The van der Waals surface area contributed by atoms with Crippen LogP contribution in [0.15, 0.2) is 6.20 Å². The van der Waals surface area contributed by atoms with Gasteiger partial charge in [0, 0.05) is 18.1 Å². The third kappa shape index (κ3) is 3.55. The van der Waals surface area contributed by atoms with E-state index in [4.69, 9.17) is 5.11 Å². The van der Waals surface area contributed by atoms with Gasteiger partial charge in [-0.25, -0.2) is 9.78 Å². The summed E-state index contributed by atoms with van der Waals surface area (Å²) >= 11 is 1.34. The van der Waals surface area contributed by atoms with Crippen molar-refractivity contribution in [2.75, 3.05) is 18.9 Å². The molecule has 0 radical (unpaired) electrons. The highest BCUT2D eigenvalue weighted by atomic mass is 32.1. The van der Waals surface area contributed by atoms with E-state index in [2.05, 4.69) is 10.3 Å². The van der Waals surface area contributed by atoms with Crippen molar-refractivity contribution < 1.29 is 14.7 Å². The zero-order valence-electron chi connectivity index (χ0n) is 8.35. The summed E-state index contributed by atoms with van der Waals surface area (Å²) in [6.07, 6.45) is 1.64. The molecule has 7 heteroatoms. The zero-order chi connectivity index (χ0) is 11.4. The van der Waals surface area contributed by atoms with Crippen LogP contribution in [0.25, 0.3) is 0 Å². The van der Waals surface area contributed by atoms with Crippen LogP contribution in [0.4, 0.5) is 9.93 Å². The van der Waals surface area contributed by atoms with Gasteiger partial charge >= 0.3 is 12.0 Å². The van der Waals surface area contributed by atoms with Gasteiger partial charge in [-0.2, -0.15) is 0 Å². The first-order chi connectivity index (χ1) is 6.99. The molecule has 6 nitrogen and oxygen atoms in total. The topological polar surface area (TPSA) is 82.5 Å². The van der Waals surface area contributed by atoms with Gasteiger partial charge in [-0.1, -0.05) is 0 Å². The van der Waals surface area contributed by atoms with Crippen LogP contribution < -0.4 is 5.32 Å². The number of carbonyl (C=O) groups excluding carboxylic acids is 1. The standard InChI is InChI=1S/C8H11N3O3S/c1-5-3-9-7(15-5)10-8(14)11(2)4-6(12)13/h3H,4H2,1-2H3,(H,12,13)(H,9,10,14). The minimum absolute atomic E-state index is 0.337. The second-order valence-electron chi connectivity index (χ2n) is 2.96. The Hall–Kier alpha value is -1.63. The molecule has 0 saturated heterocycles. The first-order valence-electron chi connectivity index (χ1n) is 4.15.